The third-order valence-corrected chi connectivity index (χ3v) is 10.1. The van der Waals surface area contributed by atoms with Crippen molar-refractivity contribution >= 4 is 37.3 Å². The molecule has 1 saturated heterocycles. The molecule has 4 rings (SSSR count). The van der Waals surface area contributed by atoms with Gasteiger partial charge in [-0.1, -0.05) is 6.07 Å². The maximum Gasteiger partial charge on any atom is 0.257 e. The number of hydrogen-bond donors (Lipinski definition) is 4. The van der Waals surface area contributed by atoms with E-state index in [2.05, 4.69) is 14.8 Å². The molecule has 0 aromatic heterocycles. The minimum absolute atomic E-state index is 0.00514. The van der Waals surface area contributed by atoms with Crippen LogP contribution in [-0.4, -0.2) is 59.6 Å². The summed E-state index contributed by atoms with van der Waals surface area (Å²) in [6.07, 6.45) is 4.37. The number of anilines is 2. The number of carbonyl (C=O) groups is 1. The number of aliphatic hydroxyl groups excluding tert-OH is 1. The molecule has 4 N–H and O–H groups in total. The topological polar surface area (TPSA) is 145 Å². The van der Waals surface area contributed by atoms with E-state index in [1.165, 1.54) is 43.2 Å². The molecule has 0 bridgehead atoms. The number of rotatable bonds is 9. The number of aliphatic hydroxyl groups is 1. The van der Waals surface area contributed by atoms with Gasteiger partial charge in [-0.25, -0.2) is 26.3 Å². The van der Waals surface area contributed by atoms with Crippen molar-refractivity contribution in [3.8, 4) is 0 Å². The third kappa shape index (κ3) is 6.73. The van der Waals surface area contributed by atoms with Crippen molar-refractivity contribution in [3.63, 3.8) is 0 Å². The predicted octanol–water partition coefficient (Wildman–Crippen LogP) is 2.67. The van der Waals surface area contributed by atoms with E-state index >= 15 is 0 Å². The fraction of sp³-hybridized carbons (Fsp3) is 0.500. The zero-order chi connectivity index (χ0) is 27.8. The van der Waals surface area contributed by atoms with Gasteiger partial charge in [-0.2, -0.15) is 0 Å². The molecular formula is C26H36N4O6S2. The SMILES string of the molecule is CC(C)(C)NS(=O)(=O)c1cccc(NC(=O)c2ccc(S(=O)(=O)NCCO)cc2N2CCC3(CC2)CC3)c1. The van der Waals surface area contributed by atoms with Crippen LogP contribution in [0.4, 0.5) is 11.4 Å². The van der Waals surface area contributed by atoms with Gasteiger partial charge < -0.3 is 15.3 Å². The second-order valence-corrected chi connectivity index (χ2v) is 14.6. The van der Waals surface area contributed by atoms with Crippen LogP contribution in [0.15, 0.2) is 52.3 Å². The highest BCUT2D eigenvalue weighted by Crippen LogP contribution is 2.54. The van der Waals surface area contributed by atoms with Gasteiger partial charge in [-0.05, 0) is 88.3 Å². The van der Waals surface area contributed by atoms with Crippen LogP contribution in [0.25, 0.3) is 0 Å². The summed E-state index contributed by atoms with van der Waals surface area (Å²) in [6.45, 7) is 6.20. The number of benzene rings is 2. The van der Waals surface area contributed by atoms with Gasteiger partial charge in [-0.3, -0.25) is 4.79 Å². The van der Waals surface area contributed by atoms with Crippen molar-refractivity contribution < 1.29 is 26.7 Å². The van der Waals surface area contributed by atoms with Crippen molar-refractivity contribution in [2.24, 2.45) is 5.41 Å². The average molecular weight is 565 g/mol. The number of nitrogens with zero attached hydrogens (tertiary/aromatic N) is 1. The molecule has 1 aliphatic heterocycles. The highest BCUT2D eigenvalue weighted by Gasteiger charge is 2.44. The summed E-state index contributed by atoms with van der Waals surface area (Å²) in [6, 6.07) is 10.3. The molecule has 1 spiro atoms. The Hall–Kier alpha value is -2.51. The van der Waals surface area contributed by atoms with E-state index in [0.717, 1.165) is 12.8 Å². The molecule has 0 radical (unpaired) electrons. The molecule has 1 amide bonds. The van der Waals surface area contributed by atoms with Crippen molar-refractivity contribution in [2.45, 2.75) is 61.8 Å². The Kier molecular flexibility index (Phi) is 7.93. The monoisotopic (exact) mass is 564 g/mol. The lowest BCUT2D eigenvalue weighted by atomic mass is 9.93. The Morgan fingerprint density at radius 3 is 2.21 bits per heavy atom. The molecule has 1 saturated carbocycles. The summed E-state index contributed by atoms with van der Waals surface area (Å²) in [5, 5.41) is 11.8. The maximum atomic E-state index is 13.4. The molecule has 38 heavy (non-hydrogen) atoms. The zero-order valence-electron chi connectivity index (χ0n) is 22.0. The van der Waals surface area contributed by atoms with Gasteiger partial charge in [0, 0.05) is 30.9 Å². The first-order valence-corrected chi connectivity index (χ1v) is 15.7. The Labute approximate surface area is 224 Å². The number of sulfonamides is 2. The molecule has 12 heteroatoms. The number of amides is 1. The zero-order valence-corrected chi connectivity index (χ0v) is 23.6. The first kappa shape index (κ1) is 28.5. The lowest BCUT2D eigenvalue weighted by Gasteiger charge is -2.35. The van der Waals surface area contributed by atoms with Crippen molar-refractivity contribution in [3.05, 3.63) is 48.0 Å². The van der Waals surface area contributed by atoms with Crippen LogP contribution in [0.1, 0.15) is 56.8 Å². The van der Waals surface area contributed by atoms with Crippen molar-refractivity contribution in [1.29, 1.82) is 0 Å². The normalized spacial score (nSPS) is 17.4. The minimum atomic E-state index is -3.87. The Morgan fingerprint density at radius 2 is 1.61 bits per heavy atom. The summed E-state index contributed by atoms with van der Waals surface area (Å²) < 4.78 is 56.0. The second-order valence-electron chi connectivity index (χ2n) is 11.1. The molecule has 0 unspecified atom stereocenters. The Morgan fingerprint density at radius 1 is 0.947 bits per heavy atom. The van der Waals surface area contributed by atoms with Crippen LogP contribution in [0.3, 0.4) is 0 Å². The molecule has 208 valence electrons. The summed E-state index contributed by atoms with van der Waals surface area (Å²) in [5.41, 5.74) is 0.809. The van der Waals surface area contributed by atoms with E-state index in [4.69, 9.17) is 5.11 Å². The van der Waals surface area contributed by atoms with Gasteiger partial charge in [0.05, 0.1) is 27.6 Å². The number of carbonyl (C=O) groups excluding carboxylic acids is 1. The van der Waals surface area contributed by atoms with Gasteiger partial charge in [0.2, 0.25) is 20.0 Å². The van der Waals surface area contributed by atoms with Crippen LogP contribution in [0, 0.1) is 5.41 Å². The summed E-state index contributed by atoms with van der Waals surface area (Å²) in [5.74, 6) is -0.475. The lowest BCUT2D eigenvalue weighted by molar-refractivity contribution is 0.102. The van der Waals surface area contributed by atoms with Gasteiger partial charge in [0.15, 0.2) is 0 Å². The van der Waals surface area contributed by atoms with E-state index in [9.17, 15) is 21.6 Å². The second kappa shape index (κ2) is 10.6. The van der Waals surface area contributed by atoms with E-state index < -0.39 is 31.5 Å². The molecule has 2 aromatic rings. The first-order valence-electron chi connectivity index (χ1n) is 12.7. The van der Waals surface area contributed by atoms with E-state index in [1.54, 1.807) is 32.9 Å². The number of hydrogen-bond acceptors (Lipinski definition) is 7. The Balaban J connectivity index is 1.63. The standard InChI is InChI=1S/C26H36N4O6S2/c1-25(2,3)29-38(35,36)20-6-4-5-19(17-20)28-24(32)22-8-7-21(37(33,34)27-13-16-31)18-23(22)30-14-11-26(9-10-26)12-15-30/h4-8,17-18,27,29,31H,9-16H2,1-3H3,(H,28,32). The fourth-order valence-corrected chi connectivity index (χ4v) is 7.20. The number of nitrogens with one attached hydrogen (secondary N) is 3. The van der Waals surface area contributed by atoms with Crippen LogP contribution in [-0.2, 0) is 20.0 Å². The smallest absolute Gasteiger partial charge is 0.257 e. The highest BCUT2D eigenvalue weighted by atomic mass is 32.2. The Bertz CT molecular complexity index is 1400. The molecule has 0 atom stereocenters. The van der Waals surface area contributed by atoms with Crippen LogP contribution < -0.4 is 19.7 Å². The summed E-state index contributed by atoms with van der Waals surface area (Å²) >= 11 is 0. The van der Waals surface area contributed by atoms with Gasteiger partial charge in [-0.15, -0.1) is 0 Å². The highest BCUT2D eigenvalue weighted by molar-refractivity contribution is 7.89. The third-order valence-electron chi connectivity index (χ3n) is 6.89. The maximum absolute atomic E-state index is 13.4. The molecule has 2 aromatic carbocycles. The van der Waals surface area contributed by atoms with Gasteiger partial charge in [0.25, 0.3) is 5.91 Å². The van der Waals surface area contributed by atoms with Crippen molar-refractivity contribution in [1.82, 2.24) is 9.44 Å². The molecule has 1 heterocycles. The molecule has 2 aliphatic rings. The predicted molar refractivity (Wildman–Crippen MR) is 146 cm³/mol. The van der Waals surface area contributed by atoms with E-state index in [0.29, 0.717) is 35.4 Å². The van der Waals surface area contributed by atoms with Gasteiger partial charge >= 0.3 is 0 Å². The van der Waals surface area contributed by atoms with Crippen LogP contribution >= 0.6 is 0 Å². The fourth-order valence-electron chi connectivity index (χ4n) is 4.70. The molecule has 1 aliphatic carbocycles. The average Bonchev–Trinajstić information content (AvgIpc) is 3.60. The number of piperidine rings is 1. The van der Waals surface area contributed by atoms with Gasteiger partial charge in [0.1, 0.15) is 0 Å². The largest absolute Gasteiger partial charge is 0.395 e. The summed E-state index contributed by atoms with van der Waals surface area (Å²) in [4.78, 5) is 15.5. The molecule has 10 nitrogen and oxygen atoms in total. The first-order chi connectivity index (χ1) is 17.7. The molecular weight excluding hydrogens is 528 g/mol. The quantitative estimate of drug-likeness (QED) is 0.366. The van der Waals surface area contributed by atoms with Crippen molar-refractivity contribution in [2.75, 3.05) is 36.5 Å². The van der Waals surface area contributed by atoms with Crippen LogP contribution in [0.2, 0.25) is 0 Å². The molecule has 2 fully saturated rings. The minimum Gasteiger partial charge on any atom is -0.395 e. The van der Waals surface area contributed by atoms with E-state index in [-0.39, 0.29) is 22.9 Å². The summed E-state index contributed by atoms with van der Waals surface area (Å²) in [7, 11) is -7.68. The van der Waals surface area contributed by atoms with Crippen LogP contribution in [0.5, 0.6) is 0 Å². The lowest BCUT2D eigenvalue weighted by Crippen LogP contribution is -2.40. The van der Waals surface area contributed by atoms with E-state index in [1.807, 2.05) is 4.90 Å².